The summed E-state index contributed by atoms with van der Waals surface area (Å²) < 4.78 is 6.45. The Bertz CT molecular complexity index is 1080. The highest BCUT2D eigenvalue weighted by Crippen LogP contribution is 2.27. The topological polar surface area (TPSA) is 72.7 Å². The van der Waals surface area contributed by atoms with E-state index in [2.05, 4.69) is 15.0 Å². The number of thiazole rings is 1. The van der Waals surface area contributed by atoms with Crippen LogP contribution in [0.1, 0.15) is 20.8 Å². The lowest BCUT2D eigenvalue weighted by molar-refractivity contribution is 0.0600. The number of carbonyl (C=O) groups excluding carboxylic acids is 2. The van der Waals surface area contributed by atoms with Gasteiger partial charge in [0.25, 0.3) is 5.91 Å². The van der Waals surface area contributed by atoms with Crippen molar-refractivity contribution in [3.8, 4) is 10.6 Å². The lowest BCUT2D eigenvalue weighted by atomic mass is 10.2. The van der Waals surface area contributed by atoms with Crippen LogP contribution in [0.3, 0.4) is 0 Å². The molecule has 0 saturated carbocycles. The fourth-order valence-electron chi connectivity index (χ4n) is 2.49. The summed E-state index contributed by atoms with van der Waals surface area (Å²) in [6, 6.07) is 10.5. The Labute approximate surface area is 156 Å². The molecule has 3 aromatic heterocycles. The monoisotopic (exact) mass is 383 g/mol. The van der Waals surface area contributed by atoms with E-state index in [0.29, 0.717) is 16.9 Å². The predicted molar refractivity (Wildman–Crippen MR) is 102 cm³/mol. The number of benzene rings is 1. The Morgan fingerprint density at radius 2 is 1.96 bits per heavy atom. The van der Waals surface area contributed by atoms with Gasteiger partial charge < -0.3 is 10.1 Å². The molecule has 6 nitrogen and oxygen atoms in total. The number of hydrogen-bond donors (Lipinski definition) is 1. The maximum Gasteiger partial charge on any atom is 0.337 e. The number of hydrogen-bond acceptors (Lipinski definition) is 6. The van der Waals surface area contributed by atoms with Crippen molar-refractivity contribution in [3.63, 3.8) is 0 Å². The summed E-state index contributed by atoms with van der Waals surface area (Å²) in [6.07, 6.45) is 1.87. The summed E-state index contributed by atoms with van der Waals surface area (Å²) in [5.41, 5.74) is 2.39. The fourth-order valence-corrected chi connectivity index (χ4v) is 4.03. The average Bonchev–Trinajstić information content (AvgIpc) is 3.37. The van der Waals surface area contributed by atoms with Gasteiger partial charge in [0.1, 0.15) is 11.4 Å². The number of methoxy groups -OCH3 is 1. The number of ether oxygens (including phenoxy) is 1. The molecule has 0 fully saturated rings. The maximum atomic E-state index is 12.6. The van der Waals surface area contributed by atoms with Crippen LogP contribution in [-0.4, -0.2) is 28.4 Å². The molecular formula is C18H13N3O3S2. The van der Waals surface area contributed by atoms with Gasteiger partial charge in [0.15, 0.2) is 4.96 Å². The van der Waals surface area contributed by atoms with Gasteiger partial charge in [-0.2, -0.15) is 0 Å². The molecule has 130 valence electrons. The van der Waals surface area contributed by atoms with Gasteiger partial charge in [0, 0.05) is 17.3 Å². The third-order valence-electron chi connectivity index (χ3n) is 3.78. The van der Waals surface area contributed by atoms with Crippen LogP contribution in [0.2, 0.25) is 0 Å². The molecule has 0 spiro atoms. The number of rotatable bonds is 4. The zero-order valence-corrected chi connectivity index (χ0v) is 15.3. The van der Waals surface area contributed by atoms with Crippen molar-refractivity contribution >= 4 is 45.2 Å². The van der Waals surface area contributed by atoms with E-state index in [1.54, 1.807) is 45.4 Å². The van der Waals surface area contributed by atoms with E-state index in [1.807, 2.05) is 23.7 Å². The molecule has 0 aliphatic carbocycles. The van der Waals surface area contributed by atoms with Crippen molar-refractivity contribution < 1.29 is 14.3 Å². The van der Waals surface area contributed by atoms with Crippen LogP contribution in [0, 0.1) is 0 Å². The second-order valence-corrected chi connectivity index (χ2v) is 7.18. The first-order valence-electron chi connectivity index (χ1n) is 7.66. The minimum Gasteiger partial charge on any atom is -0.465 e. The summed E-state index contributed by atoms with van der Waals surface area (Å²) in [5, 5.41) is 6.61. The Morgan fingerprint density at radius 1 is 1.15 bits per heavy atom. The SMILES string of the molecule is COC(=O)c1ccc(NC(=O)c2csc3nc(-c4cccs4)cn23)cc1. The first-order chi connectivity index (χ1) is 12.7. The van der Waals surface area contributed by atoms with Crippen molar-refractivity contribution in [3.05, 3.63) is 64.6 Å². The van der Waals surface area contributed by atoms with Gasteiger partial charge in [0.05, 0.1) is 17.6 Å². The molecule has 0 aliphatic heterocycles. The number of amides is 1. The average molecular weight is 383 g/mol. The van der Waals surface area contributed by atoms with Gasteiger partial charge in [-0.1, -0.05) is 6.07 Å². The molecule has 0 unspecified atom stereocenters. The number of esters is 1. The maximum absolute atomic E-state index is 12.6. The van der Waals surface area contributed by atoms with Gasteiger partial charge in [-0.3, -0.25) is 9.20 Å². The highest BCUT2D eigenvalue weighted by atomic mass is 32.1. The summed E-state index contributed by atoms with van der Waals surface area (Å²) in [7, 11) is 1.33. The molecule has 0 bridgehead atoms. The standard InChI is InChI=1S/C18H13N3O3S2/c1-24-17(23)11-4-6-12(7-5-11)19-16(22)14-10-26-18-20-13(9-21(14)18)15-3-2-8-25-15/h2-10H,1H3,(H,19,22). The smallest absolute Gasteiger partial charge is 0.337 e. The van der Waals surface area contributed by atoms with Crippen LogP contribution in [-0.2, 0) is 4.74 Å². The van der Waals surface area contributed by atoms with Crippen molar-refractivity contribution in [1.82, 2.24) is 9.38 Å². The molecule has 3 heterocycles. The molecular weight excluding hydrogens is 370 g/mol. The zero-order chi connectivity index (χ0) is 18.1. The first-order valence-corrected chi connectivity index (χ1v) is 9.42. The van der Waals surface area contributed by atoms with E-state index in [0.717, 1.165) is 15.5 Å². The third-order valence-corrected chi connectivity index (χ3v) is 5.51. The lowest BCUT2D eigenvalue weighted by Crippen LogP contribution is -2.14. The van der Waals surface area contributed by atoms with Crippen molar-refractivity contribution in [2.75, 3.05) is 12.4 Å². The van der Waals surface area contributed by atoms with Crippen molar-refractivity contribution in [1.29, 1.82) is 0 Å². The van der Waals surface area contributed by atoms with Crippen LogP contribution in [0.5, 0.6) is 0 Å². The summed E-state index contributed by atoms with van der Waals surface area (Å²) in [4.78, 5) is 30.5. The van der Waals surface area contributed by atoms with Crippen LogP contribution in [0.4, 0.5) is 5.69 Å². The highest BCUT2D eigenvalue weighted by Gasteiger charge is 2.16. The Kier molecular flexibility index (Phi) is 4.27. The Hall–Kier alpha value is -2.97. The quantitative estimate of drug-likeness (QED) is 0.537. The number of aromatic nitrogens is 2. The number of anilines is 1. The fraction of sp³-hybridized carbons (Fsp3) is 0.0556. The zero-order valence-electron chi connectivity index (χ0n) is 13.6. The van der Waals surface area contributed by atoms with E-state index in [-0.39, 0.29) is 5.91 Å². The third kappa shape index (κ3) is 3.00. The molecule has 26 heavy (non-hydrogen) atoms. The molecule has 1 N–H and O–H groups in total. The van der Waals surface area contributed by atoms with E-state index in [9.17, 15) is 9.59 Å². The molecule has 4 aromatic rings. The predicted octanol–water partition coefficient (Wildman–Crippen LogP) is 4.16. The van der Waals surface area contributed by atoms with Crippen molar-refractivity contribution in [2.24, 2.45) is 0 Å². The molecule has 0 radical (unpaired) electrons. The summed E-state index contributed by atoms with van der Waals surface area (Å²) in [5.74, 6) is -0.654. The van der Waals surface area contributed by atoms with Crippen LogP contribution in [0.15, 0.2) is 53.4 Å². The van der Waals surface area contributed by atoms with Gasteiger partial charge in [-0.05, 0) is 35.7 Å². The van der Waals surface area contributed by atoms with E-state index < -0.39 is 5.97 Å². The minimum atomic E-state index is -0.415. The highest BCUT2D eigenvalue weighted by molar-refractivity contribution is 7.15. The molecule has 0 aliphatic rings. The number of imidazole rings is 1. The van der Waals surface area contributed by atoms with Crippen LogP contribution in [0.25, 0.3) is 15.5 Å². The van der Waals surface area contributed by atoms with Gasteiger partial charge in [0.2, 0.25) is 0 Å². The molecule has 0 atom stereocenters. The minimum absolute atomic E-state index is 0.239. The normalized spacial score (nSPS) is 10.8. The first kappa shape index (κ1) is 16.5. The number of fused-ring (bicyclic) bond motifs is 1. The van der Waals surface area contributed by atoms with E-state index in [1.165, 1.54) is 18.4 Å². The van der Waals surface area contributed by atoms with Crippen LogP contribution >= 0.6 is 22.7 Å². The van der Waals surface area contributed by atoms with E-state index in [4.69, 9.17) is 0 Å². The number of nitrogens with one attached hydrogen (secondary N) is 1. The van der Waals surface area contributed by atoms with E-state index >= 15 is 0 Å². The molecule has 1 aromatic carbocycles. The largest absolute Gasteiger partial charge is 0.465 e. The van der Waals surface area contributed by atoms with Gasteiger partial charge in [-0.15, -0.1) is 22.7 Å². The Morgan fingerprint density at radius 3 is 2.65 bits per heavy atom. The Balaban J connectivity index is 1.57. The lowest BCUT2D eigenvalue weighted by Gasteiger charge is -2.05. The summed E-state index contributed by atoms with van der Waals surface area (Å²) in [6.45, 7) is 0. The number of nitrogens with zero attached hydrogens (tertiary/aromatic N) is 2. The summed E-state index contributed by atoms with van der Waals surface area (Å²) >= 11 is 3.02. The molecule has 1 amide bonds. The molecule has 0 saturated heterocycles. The second kappa shape index (κ2) is 6.74. The molecule has 4 rings (SSSR count). The molecule has 8 heteroatoms. The van der Waals surface area contributed by atoms with Gasteiger partial charge in [-0.25, -0.2) is 9.78 Å². The van der Waals surface area contributed by atoms with Gasteiger partial charge >= 0.3 is 5.97 Å². The van der Waals surface area contributed by atoms with Crippen LogP contribution < -0.4 is 5.32 Å². The number of thiophene rings is 1. The van der Waals surface area contributed by atoms with Crippen molar-refractivity contribution in [2.45, 2.75) is 0 Å². The number of carbonyl (C=O) groups is 2. The second-order valence-electron chi connectivity index (χ2n) is 5.40.